The van der Waals surface area contributed by atoms with Crippen molar-refractivity contribution in [2.45, 2.75) is 122 Å². The Labute approximate surface area is 242 Å². The van der Waals surface area contributed by atoms with Crippen molar-refractivity contribution in [2.24, 2.45) is 0 Å². The number of halogens is 1. The SMILES string of the molecule is CC(=O)O[C@H]1C[C@H](C[C@H](C/C=C/I)O[Si](C)(C)C(C)(C)C)O[C@@H](Cc2cccc3c2C(=O)OC(C)(C)O3)C1. The number of cyclic esters (lactones) is 1. The largest absolute Gasteiger partial charge is 0.462 e. The molecular formula is C29H43IO7Si. The molecule has 0 aliphatic carbocycles. The van der Waals surface area contributed by atoms with Crippen molar-refractivity contribution in [3.05, 3.63) is 39.5 Å². The molecule has 0 aromatic heterocycles. The number of rotatable bonds is 9. The minimum atomic E-state index is -2.00. The molecule has 0 spiro atoms. The second-order valence-corrected chi connectivity index (χ2v) is 17.8. The van der Waals surface area contributed by atoms with Crippen LogP contribution in [0.3, 0.4) is 0 Å². The second kappa shape index (κ2) is 12.4. The Kier molecular flexibility index (Phi) is 10.1. The fraction of sp³-hybridized carbons (Fsp3) is 0.655. The Balaban J connectivity index is 1.82. The van der Waals surface area contributed by atoms with E-state index in [1.807, 2.05) is 16.2 Å². The van der Waals surface area contributed by atoms with Gasteiger partial charge in [-0.15, -0.1) is 0 Å². The normalized spacial score (nSPS) is 24.3. The lowest BCUT2D eigenvalue weighted by atomic mass is 9.91. The highest BCUT2D eigenvalue weighted by Crippen LogP contribution is 2.39. The molecule has 1 saturated heterocycles. The van der Waals surface area contributed by atoms with Gasteiger partial charge in [0.15, 0.2) is 8.32 Å². The lowest BCUT2D eigenvalue weighted by molar-refractivity contribution is -0.160. The van der Waals surface area contributed by atoms with E-state index < -0.39 is 20.1 Å². The monoisotopic (exact) mass is 658 g/mol. The van der Waals surface area contributed by atoms with Crippen LogP contribution < -0.4 is 4.74 Å². The maximum absolute atomic E-state index is 12.9. The summed E-state index contributed by atoms with van der Waals surface area (Å²) >= 11 is 2.24. The summed E-state index contributed by atoms with van der Waals surface area (Å²) in [6.07, 6.45) is 4.65. The summed E-state index contributed by atoms with van der Waals surface area (Å²) in [4.78, 5) is 24.7. The summed E-state index contributed by atoms with van der Waals surface area (Å²) in [5.41, 5.74) is 1.24. The Bertz CT molecular complexity index is 1030. The number of benzene rings is 1. The molecule has 9 heteroatoms. The Morgan fingerprint density at radius 1 is 1.21 bits per heavy atom. The average Bonchev–Trinajstić information content (AvgIpc) is 2.74. The highest BCUT2D eigenvalue weighted by atomic mass is 127. The zero-order valence-corrected chi connectivity index (χ0v) is 27.1. The highest BCUT2D eigenvalue weighted by Gasteiger charge is 2.41. The van der Waals surface area contributed by atoms with E-state index in [9.17, 15) is 9.59 Å². The number of carbonyl (C=O) groups is 2. The summed E-state index contributed by atoms with van der Waals surface area (Å²) in [5.74, 6) is -1.20. The zero-order valence-electron chi connectivity index (χ0n) is 24.0. The molecule has 0 saturated carbocycles. The molecule has 4 atom stereocenters. The van der Waals surface area contributed by atoms with Gasteiger partial charge >= 0.3 is 11.9 Å². The Morgan fingerprint density at radius 3 is 2.53 bits per heavy atom. The van der Waals surface area contributed by atoms with Crippen molar-refractivity contribution in [3.63, 3.8) is 0 Å². The maximum Gasteiger partial charge on any atom is 0.345 e. The van der Waals surface area contributed by atoms with Crippen molar-refractivity contribution in [1.82, 2.24) is 0 Å². The van der Waals surface area contributed by atoms with Crippen LogP contribution in [0, 0.1) is 0 Å². The first kappa shape index (κ1) is 31.1. The number of ether oxygens (including phenoxy) is 4. The van der Waals surface area contributed by atoms with Crippen molar-refractivity contribution < 1.29 is 33.0 Å². The molecule has 0 bridgehead atoms. The molecule has 212 valence electrons. The van der Waals surface area contributed by atoms with Gasteiger partial charge in [0.05, 0.1) is 18.3 Å². The molecule has 0 unspecified atom stereocenters. The van der Waals surface area contributed by atoms with Crippen molar-refractivity contribution in [2.75, 3.05) is 0 Å². The van der Waals surface area contributed by atoms with E-state index in [1.54, 1.807) is 19.9 Å². The first-order valence-corrected chi connectivity index (χ1v) is 17.6. The van der Waals surface area contributed by atoms with E-state index >= 15 is 0 Å². The van der Waals surface area contributed by atoms with Gasteiger partial charge in [-0.2, -0.15) is 0 Å². The fourth-order valence-electron chi connectivity index (χ4n) is 4.83. The van der Waals surface area contributed by atoms with E-state index in [0.717, 1.165) is 12.0 Å². The topological polar surface area (TPSA) is 80.3 Å². The molecular weight excluding hydrogens is 615 g/mol. The zero-order chi connectivity index (χ0) is 28.3. The fourth-order valence-corrected chi connectivity index (χ4v) is 6.50. The molecule has 2 aliphatic rings. The lowest BCUT2D eigenvalue weighted by Crippen LogP contribution is -2.46. The van der Waals surface area contributed by atoms with Crippen LogP contribution in [0.4, 0.5) is 0 Å². The van der Waals surface area contributed by atoms with Crippen molar-refractivity contribution in [3.8, 4) is 5.75 Å². The Morgan fingerprint density at radius 2 is 1.89 bits per heavy atom. The van der Waals surface area contributed by atoms with Gasteiger partial charge in [0, 0.05) is 33.6 Å². The van der Waals surface area contributed by atoms with E-state index in [2.05, 4.69) is 62.5 Å². The van der Waals surface area contributed by atoms with Gasteiger partial charge in [0.1, 0.15) is 17.4 Å². The predicted octanol–water partition coefficient (Wildman–Crippen LogP) is 7.11. The van der Waals surface area contributed by atoms with Crippen LogP contribution >= 0.6 is 22.6 Å². The number of carbonyl (C=O) groups excluding carboxylic acids is 2. The van der Waals surface area contributed by atoms with E-state index in [0.29, 0.717) is 37.0 Å². The van der Waals surface area contributed by atoms with Crippen LogP contribution in [0.1, 0.15) is 83.1 Å². The molecule has 3 rings (SSSR count). The van der Waals surface area contributed by atoms with Crippen LogP contribution in [-0.2, 0) is 29.9 Å². The molecule has 0 radical (unpaired) electrons. The number of esters is 2. The van der Waals surface area contributed by atoms with E-state index in [-0.39, 0.29) is 35.4 Å². The third kappa shape index (κ3) is 8.28. The predicted molar refractivity (Wildman–Crippen MR) is 158 cm³/mol. The summed E-state index contributed by atoms with van der Waals surface area (Å²) < 4.78 is 32.5. The minimum Gasteiger partial charge on any atom is -0.462 e. The smallest absolute Gasteiger partial charge is 0.345 e. The van der Waals surface area contributed by atoms with Gasteiger partial charge in [-0.3, -0.25) is 4.79 Å². The van der Waals surface area contributed by atoms with E-state index in [4.69, 9.17) is 23.4 Å². The standard InChI is InChI=1S/C29H43IO7Si/c1-19(31)33-23-17-22(15-20-11-9-13-25-26(20)27(32)36-29(5,6)35-25)34-24(18-23)16-21(12-10-14-30)37-38(7,8)28(2,3)4/h9-11,13-14,21-24H,12,15-18H2,1-8H3/b14-10+/t21-,22-,23+,24-/m0/s1. The van der Waals surface area contributed by atoms with Crippen LogP contribution in [0.2, 0.25) is 18.1 Å². The summed E-state index contributed by atoms with van der Waals surface area (Å²) in [5, 5.41) is 0.0904. The van der Waals surface area contributed by atoms with Gasteiger partial charge in [-0.1, -0.05) is 61.6 Å². The summed E-state index contributed by atoms with van der Waals surface area (Å²) in [6.45, 7) is 16.1. The highest BCUT2D eigenvalue weighted by molar-refractivity contribution is 14.1. The minimum absolute atomic E-state index is 0.00118. The quantitative estimate of drug-likeness (QED) is 0.159. The second-order valence-electron chi connectivity index (χ2n) is 12.3. The van der Waals surface area contributed by atoms with Crippen LogP contribution in [0.25, 0.3) is 0 Å². The summed E-state index contributed by atoms with van der Waals surface area (Å²) in [7, 11) is -2.00. The first-order chi connectivity index (χ1) is 17.6. The molecule has 0 N–H and O–H groups in total. The average molecular weight is 659 g/mol. The van der Waals surface area contributed by atoms with Crippen molar-refractivity contribution in [1.29, 1.82) is 0 Å². The first-order valence-electron chi connectivity index (χ1n) is 13.4. The third-order valence-corrected chi connectivity index (χ3v) is 12.6. The van der Waals surface area contributed by atoms with Crippen LogP contribution in [0.15, 0.2) is 28.4 Å². The molecule has 38 heavy (non-hydrogen) atoms. The summed E-state index contributed by atoms with van der Waals surface area (Å²) in [6, 6.07) is 5.58. The van der Waals surface area contributed by atoms with Crippen LogP contribution in [-0.4, -0.2) is 50.5 Å². The lowest BCUT2D eigenvalue weighted by Gasteiger charge is -2.41. The van der Waals surface area contributed by atoms with Crippen LogP contribution in [0.5, 0.6) is 5.75 Å². The maximum atomic E-state index is 12.9. The van der Waals surface area contributed by atoms with Gasteiger partial charge < -0.3 is 23.4 Å². The van der Waals surface area contributed by atoms with Gasteiger partial charge in [0.25, 0.3) is 0 Å². The number of fused-ring (bicyclic) bond motifs is 1. The molecule has 7 nitrogen and oxygen atoms in total. The molecule has 1 aromatic rings. The molecule has 2 heterocycles. The molecule has 1 aromatic carbocycles. The molecule has 0 amide bonds. The number of hydrogen-bond acceptors (Lipinski definition) is 7. The van der Waals surface area contributed by atoms with Gasteiger partial charge in [-0.05, 0) is 53.1 Å². The van der Waals surface area contributed by atoms with Gasteiger partial charge in [-0.25, -0.2) is 4.79 Å². The number of hydrogen-bond donors (Lipinski definition) is 0. The molecule has 2 aliphatic heterocycles. The Hall–Kier alpha value is -1.43. The van der Waals surface area contributed by atoms with Crippen molar-refractivity contribution >= 4 is 42.8 Å². The van der Waals surface area contributed by atoms with Gasteiger partial charge in [0.2, 0.25) is 5.79 Å². The molecule has 1 fully saturated rings. The van der Waals surface area contributed by atoms with E-state index in [1.165, 1.54) is 6.92 Å². The third-order valence-electron chi connectivity index (χ3n) is 7.51.